The summed E-state index contributed by atoms with van der Waals surface area (Å²) in [5.41, 5.74) is 0. The first-order valence-electron chi connectivity index (χ1n) is 8.13. The molecule has 1 rings (SSSR count). The van der Waals surface area contributed by atoms with Gasteiger partial charge in [0.05, 0.1) is 0 Å². The molecule has 0 saturated carbocycles. The zero-order valence-electron chi connectivity index (χ0n) is 13.0. The van der Waals surface area contributed by atoms with Crippen molar-refractivity contribution in [3.05, 3.63) is 0 Å². The summed E-state index contributed by atoms with van der Waals surface area (Å²) in [7, 11) is 0. The Morgan fingerprint density at radius 2 is 1.94 bits per heavy atom. The molecule has 1 heterocycles. The molecular weight excluding hydrogens is 220 g/mol. The Morgan fingerprint density at radius 3 is 2.61 bits per heavy atom. The van der Waals surface area contributed by atoms with Crippen LogP contribution in [-0.4, -0.2) is 37.1 Å². The van der Waals surface area contributed by atoms with Crippen molar-refractivity contribution in [3.8, 4) is 0 Å². The highest BCUT2D eigenvalue weighted by Gasteiger charge is 2.23. The van der Waals surface area contributed by atoms with Gasteiger partial charge < -0.3 is 10.2 Å². The van der Waals surface area contributed by atoms with Gasteiger partial charge in [0, 0.05) is 6.04 Å². The van der Waals surface area contributed by atoms with Crippen LogP contribution in [0.3, 0.4) is 0 Å². The molecular formula is C16H34N2. The number of nitrogens with one attached hydrogen (secondary N) is 1. The number of nitrogens with zero attached hydrogens (tertiary/aromatic N) is 1. The van der Waals surface area contributed by atoms with Crippen LogP contribution in [0.5, 0.6) is 0 Å². The van der Waals surface area contributed by atoms with Crippen molar-refractivity contribution in [2.75, 3.05) is 26.2 Å². The first kappa shape index (κ1) is 16.0. The zero-order chi connectivity index (χ0) is 13.4. The van der Waals surface area contributed by atoms with Crippen LogP contribution in [0.1, 0.15) is 59.8 Å². The number of likely N-dealkylation sites (tertiary alicyclic amines) is 1. The van der Waals surface area contributed by atoms with Crippen molar-refractivity contribution in [1.29, 1.82) is 0 Å². The van der Waals surface area contributed by atoms with E-state index < -0.39 is 0 Å². The monoisotopic (exact) mass is 254 g/mol. The Balaban J connectivity index is 2.36. The third-order valence-electron chi connectivity index (χ3n) is 4.69. The van der Waals surface area contributed by atoms with E-state index in [0.717, 1.165) is 31.0 Å². The fraction of sp³-hybridized carbons (Fsp3) is 1.00. The molecule has 18 heavy (non-hydrogen) atoms. The third-order valence-corrected chi connectivity index (χ3v) is 4.69. The first-order chi connectivity index (χ1) is 8.69. The Bertz CT molecular complexity index is 205. The predicted octanol–water partition coefficient (Wildman–Crippen LogP) is 3.52. The average molecular weight is 254 g/mol. The summed E-state index contributed by atoms with van der Waals surface area (Å²) in [6.07, 6.45) is 7.08. The van der Waals surface area contributed by atoms with Gasteiger partial charge >= 0.3 is 0 Å². The lowest BCUT2D eigenvalue weighted by Gasteiger charge is -2.32. The highest BCUT2D eigenvalue weighted by atomic mass is 15.2. The van der Waals surface area contributed by atoms with E-state index in [2.05, 4.69) is 37.9 Å². The van der Waals surface area contributed by atoms with Crippen LogP contribution in [0.2, 0.25) is 0 Å². The number of rotatable bonds is 7. The topological polar surface area (TPSA) is 15.3 Å². The molecule has 0 aromatic rings. The largest absolute Gasteiger partial charge is 0.317 e. The van der Waals surface area contributed by atoms with Gasteiger partial charge in [0.25, 0.3) is 0 Å². The normalized spacial score (nSPS) is 25.7. The standard InChI is InChI=1S/C16H34N2/c1-5-8-16-9-7-11-18(12-10-16)15(4)14(3)13-17-6-2/h14-17H,5-13H2,1-4H3. The molecule has 2 heteroatoms. The minimum absolute atomic E-state index is 0.726. The summed E-state index contributed by atoms with van der Waals surface area (Å²) in [6, 6.07) is 0.726. The van der Waals surface area contributed by atoms with Crippen molar-refractivity contribution >= 4 is 0 Å². The van der Waals surface area contributed by atoms with Crippen molar-refractivity contribution in [3.63, 3.8) is 0 Å². The van der Waals surface area contributed by atoms with Crippen LogP contribution in [0.15, 0.2) is 0 Å². The smallest absolute Gasteiger partial charge is 0.0105 e. The van der Waals surface area contributed by atoms with E-state index in [-0.39, 0.29) is 0 Å². The molecule has 0 aromatic heterocycles. The second-order valence-corrected chi connectivity index (χ2v) is 6.15. The molecule has 0 radical (unpaired) electrons. The zero-order valence-corrected chi connectivity index (χ0v) is 13.0. The quantitative estimate of drug-likeness (QED) is 0.748. The van der Waals surface area contributed by atoms with Crippen molar-refractivity contribution in [2.45, 2.75) is 65.8 Å². The highest BCUT2D eigenvalue weighted by molar-refractivity contribution is 4.78. The van der Waals surface area contributed by atoms with E-state index in [1.807, 2.05) is 0 Å². The Kier molecular flexibility index (Phi) is 7.92. The van der Waals surface area contributed by atoms with E-state index in [0.29, 0.717) is 0 Å². The summed E-state index contributed by atoms with van der Waals surface area (Å²) in [5, 5.41) is 3.49. The van der Waals surface area contributed by atoms with Crippen LogP contribution >= 0.6 is 0 Å². The molecule has 108 valence electrons. The lowest BCUT2D eigenvalue weighted by Crippen LogP contribution is -2.41. The van der Waals surface area contributed by atoms with Crippen molar-refractivity contribution < 1.29 is 0 Å². The van der Waals surface area contributed by atoms with Crippen LogP contribution in [0.4, 0.5) is 0 Å². The van der Waals surface area contributed by atoms with Gasteiger partial charge in [0.1, 0.15) is 0 Å². The maximum Gasteiger partial charge on any atom is 0.0105 e. The van der Waals surface area contributed by atoms with Crippen molar-refractivity contribution in [1.82, 2.24) is 10.2 Å². The van der Waals surface area contributed by atoms with Crippen LogP contribution in [0.25, 0.3) is 0 Å². The number of hydrogen-bond donors (Lipinski definition) is 1. The SMILES string of the molecule is CCCC1CCCN(C(C)C(C)CNCC)CC1. The molecule has 0 aliphatic carbocycles. The van der Waals surface area contributed by atoms with Crippen molar-refractivity contribution in [2.24, 2.45) is 11.8 Å². The van der Waals surface area contributed by atoms with Crippen LogP contribution in [-0.2, 0) is 0 Å². The highest BCUT2D eigenvalue weighted by Crippen LogP contribution is 2.24. The van der Waals surface area contributed by atoms with Gasteiger partial charge in [0.15, 0.2) is 0 Å². The Labute approximate surface area is 115 Å². The lowest BCUT2D eigenvalue weighted by molar-refractivity contribution is 0.163. The van der Waals surface area contributed by atoms with E-state index in [9.17, 15) is 0 Å². The summed E-state index contributed by atoms with van der Waals surface area (Å²) in [4.78, 5) is 2.73. The fourth-order valence-electron chi connectivity index (χ4n) is 3.19. The first-order valence-corrected chi connectivity index (χ1v) is 8.13. The molecule has 0 aromatic carbocycles. The summed E-state index contributed by atoms with van der Waals surface area (Å²) in [5.74, 6) is 1.75. The van der Waals surface area contributed by atoms with Gasteiger partial charge in [-0.1, -0.05) is 33.6 Å². The number of hydrogen-bond acceptors (Lipinski definition) is 2. The van der Waals surface area contributed by atoms with E-state index >= 15 is 0 Å². The summed E-state index contributed by atoms with van der Waals surface area (Å²) >= 11 is 0. The average Bonchev–Trinajstić information content (AvgIpc) is 2.61. The van der Waals surface area contributed by atoms with Crippen LogP contribution < -0.4 is 5.32 Å². The molecule has 3 unspecified atom stereocenters. The van der Waals surface area contributed by atoms with Gasteiger partial charge in [-0.25, -0.2) is 0 Å². The van der Waals surface area contributed by atoms with E-state index in [1.54, 1.807) is 0 Å². The Morgan fingerprint density at radius 1 is 1.17 bits per heavy atom. The molecule has 1 aliphatic heterocycles. The Hall–Kier alpha value is -0.0800. The molecule has 1 saturated heterocycles. The van der Waals surface area contributed by atoms with E-state index in [4.69, 9.17) is 0 Å². The van der Waals surface area contributed by atoms with Gasteiger partial charge in [-0.05, 0) is 64.2 Å². The van der Waals surface area contributed by atoms with Crippen LogP contribution in [0, 0.1) is 11.8 Å². The molecule has 0 bridgehead atoms. The minimum Gasteiger partial charge on any atom is -0.317 e. The molecule has 3 atom stereocenters. The maximum absolute atomic E-state index is 3.49. The molecule has 1 fully saturated rings. The van der Waals surface area contributed by atoms with E-state index in [1.165, 1.54) is 45.2 Å². The molecule has 2 nitrogen and oxygen atoms in total. The third kappa shape index (κ3) is 5.27. The fourth-order valence-corrected chi connectivity index (χ4v) is 3.19. The predicted molar refractivity (Wildman–Crippen MR) is 81.0 cm³/mol. The second kappa shape index (κ2) is 8.92. The molecule has 0 spiro atoms. The summed E-state index contributed by atoms with van der Waals surface area (Å²) < 4.78 is 0. The van der Waals surface area contributed by atoms with Gasteiger partial charge in [-0.15, -0.1) is 0 Å². The molecule has 1 aliphatic rings. The van der Waals surface area contributed by atoms with Gasteiger partial charge in [-0.2, -0.15) is 0 Å². The summed E-state index contributed by atoms with van der Waals surface area (Å²) in [6.45, 7) is 14.2. The second-order valence-electron chi connectivity index (χ2n) is 6.15. The molecule has 1 N–H and O–H groups in total. The minimum atomic E-state index is 0.726. The molecule has 0 amide bonds. The van der Waals surface area contributed by atoms with Gasteiger partial charge in [0.2, 0.25) is 0 Å². The lowest BCUT2D eigenvalue weighted by atomic mass is 9.96. The maximum atomic E-state index is 3.49. The van der Waals surface area contributed by atoms with Gasteiger partial charge in [-0.3, -0.25) is 0 Å².